The Hall–Kier alpha value is -1.07. The highest BCUT2D eigenvalue weighted by molar-refractivity contribution is 7.48. The van der Waals surface area contributed by atoms with Crippen LogP contribution in [-0.2, 0) is 37.2 Å². The monoisotopic (exact) mass is 1000 g/mol. The van der Waals surface area contributed by atoms with Crippen molar-refractivity contribution >= 4 is 19.8 Å². The van der Waals surface area contributed by atoms with Crippen molar-refractivity contribution in [3.05, 3.63) is 0 Å². The van der Waals surface area contributed by atoms with E-state index in [0.717, 1.165) is 103 Å². The summed E-state index contributed by atoms with van der Waals surface area (Å²) in [5.74, 6) is -0.125. The molecule has 0 bridgehead atoms. The molecule has 69 heavy (non-hydrogen) atoms. The van der Waals surface area contributed by atoms with Crippen LogP contribution in [0.5, 0.6) is 0 Å². The van der Waals surface area contributed by atoms with E-state index in [4.69, 9.17) is 23.0 Å². The molecule has 0 fully saturated rings. The van der Waals surface area contributed by atoms with Crippen LogP contribution in [0.3, 0.4) is 0 Å². The predicted molar refractivity (Wildman–Crippen MR) is 288 cm³/mol. The summed E-state index contributed by atoms with van der Waals surface area (Å²) >= 11 is 0. The first-order valence-electron chi connectivity index (χ1n) is 29.6. The summed E-state index contributed by atoms with van der Waals surface area (Å²) in [5.41, 5.74) is 0. The summed E-state index contributed by atoms with van der Waals surface area (Å²) in [5, 5.41) is 18.7. The number of esters is 2. The molecule has 0 saturated carbocycles. The van der Waals surface area contributed by atoms with Crippen LogP contribution in [0.4, 0.5) is 0 Å². The zero-order valence-corrected chi connectivity index (χ0v) is 46.8. The molecule has 0 amide bonds. The minimum atomic E-state index is -3.79. The Kier molecular flexibility index (Phi) is 52.4. The molecule has 0 aliphatic rings. The van der Waals surface area contributed by atoms with Crippen LogP contribution in [0.25, 0.3) is 0 Å². The van der Waals surface area contributed by atoms with Gasteiger partial charge in [-0.25, -0.2) is 4.57 Å². The van der Waals surface area contributed by atoms with E-state index in [2.05, 4.69) is 27.7 Å². The molecule has 0 aromatic heterocycles. The van der Waals surface area contributed by atoms with Gasteiger partial charge in [-0.3, -0.25) is 28.1 Å². The molecule has 0 aromatic carbocycles. The first kappa shape index (κ1) is 67.9. The Labute approximate surface area is 426 Å². The fourth-order valence-corrected chi connectivity index (χ4v) is 10.3. The molecule has 0 saturated heterocycles. The maximum absolute atomic E-state index is 13.7. The molecule has 0 aromatic rings. The van der Waals surface area contributed by atoms with E-state index in [0.29, 0.717) is 51.7 Å². The summed E-state index contributed by atoms with van der Waals surface area (Å²) in [4.78, 5) is 27.6. The number of hydrogen-bond donors (Lipinski definition) is 2. The average molecular weight is 1000 g/mol. The van der Waals surface area contributed by atoms with Gasteiger partial charge in [0.05, 0.1) is 33.0 Å². The van der Waals surface area contributed by atoms with Crippen LogP contribution in [0.1, 0.15) is 291 Å². The molecule has 0 aliphatic heterocycles. The van der Waals surface area contributed by atoms with Crippen LogP contribution < -0.4 is 0 Å². The Morgan fingerprint density at radius 3 is 0.971 bits per heavy atom. The maximum atomic E-state index is 13.7. The Balaban J connectivity index is 4.76. The van der Waals surface area contributed by atoms with Gasteiger partial charge in [-0.1, -0.05) is 195 Å². The van der Waals surface area contributed by atoms with Gasteiger partial charge >= 0.3 is 19.8 Å². The summed E-state index contributed by atoms with van der Waals surface area (Å²) in [6.45, 7) is 11.2. The standard InChI is InChI=1S/C57H114NO10P/c1-5-9-13-17-23-31-40-54(41-32-24-18-14-10-6-2)67-56(61)44-35-27-21-29-37-51-64-69(63,66-53-39-46-58(47-49-59)48-50-60)65-52-38-30-22-28-36-45-57(62)68-55(42-33-25-19-15-11-7-3)43-34-26-20-16-12-8-4/h54-55,59-60H,5-53H2,1-4H3. The lowest BCUT2D eigenvalue weighted by Gasteiger charge is -2.21. The van der Waals surface area contributed by atoms with E-state index in [1.54, 1.807) is 0 Å². The third-order valence-electron chi connectivity index (χ3n) is 13.4. The number of aliphatic hydroxyl groups is 2. The predicted octanol–water partition coefficient (Wildman–Crippen LogP) is 16.3. The van der Waals surface area contributed by atoms with E-state index in [9.17, 15) is 24.4 Å². The van der Waals surface area contributed by atoms with Crippen molar-refractivity contribution in [2.24, 2.45) is 0 Å². The third-order valence-corrected chi connectivity index (χ3v) is 14.9. The number of ether oxygens (including phenoxy) is 2. The lowest BCUT2D eigenvalue weighted by Crippen LogP contribution is -2.31. The van der Waals surface area contributed by atoms with Gasteiger partial charge in [0.2, 0.25) is 0 Å². The molecule has 12 heteroatoms. The summed E-state index contributed by atoms with van der Waals surface area (Å²) in [6, 6.07) is 0. The molecular formula is C57H114NO10P. The Morgan fingerprint density at radius 2 is 0.652 bits per heavy atom. The number of phosphoric acid groups is 1. The Morgan fingerprint density at radius 1 is 0.377 bits per heavy atom. The lowest BCUT2D eigenvalue weighted by molar-refractivity contribution is -0.151. The quantitative estimate of drug-likeness (QED) is 0.0342. The number of nitrogens with zero attached hydrogens (tertiary/aromatic N) is 1. The molecule has 0 atom stereocenters. The summed E-state index contributed by atoms with van der Waals surface area (Å²) in [6.07, 6.45) is 44.0. The highest BCUT2D eigenvalue weighted by Gasteiger charge is 2.26. The van der Waals surface area contributed by atoms with Gasteiger partial charge in [-0.15, -0.1) is 0 Å². The van der Waals surface area contributed by atoms with Gasteiger partial charge in [0.15, 0.2) is 0 Å². The molecule has 0 radical (unpaired) electrons. The van der Waals surface area contributed by atoms with Crippen molar-refractivity contribution in [3.8, 4) is 0 Å². The van der Waals surface area contributed by atoms with E-state index in [1.165, 1.54) is 128 Å². The van der Waals surface area contributed by atoms with E-state index in [1.807, 2.05) is 4.90 Å². The third kappa shape index (κ3) is 47.7. The number of aliphatic hydroxyl groups excluding tert-OH is 2. The molecule has 0 heterocycles. The van der Waals surface area contributed by atoms with E-state index in [-0.39, 0.29) is 57.2 Å². The number of rotatable bonds is 57. The van der Waals surface area contributed by atoms with Crippen LogP contribution >= 0.6 is 7.82 Å². The zero-order valence-electron chi connectivity index (χ0n) is 45.9. The molecular weight excluding hydrogens is 890 g/mol. The lowest BCUT2D eigenvalue weighted by atomic mass is 10.0. The molecule has 412 valence electrons. The van der Waals surface area contributed by atoms with Gasteiger partial charge in [-0.2, -0.15) is 0 Å². The van der Waals surface area contributed by atoms with Crippen LogP contribution in [0.2, 0.25) is 0 Å². The summed E-state index contributed by atoms with van der Waals surface area (Å²) < 4.78 is 43.2. The average Bonchev–Trinajstić information content (AvgIpc) is 3.33. The van der Waals surface area contributed by atoms with Crippen LogP contribution in [0.15, 0.2) is 0 Å². The topological polar surface area (TPSA) is 141 Å². The smallest absolute Gasteiger partial charge is 0.462 e. The van der Waals surface area contributed by atoms with Crippen molar-refractivity contribution in [2.75, 3.05) is 52.7 Å². The van der Waals surface area contributed by atoms with E-state index >= 15 is 0 Å². The number of phosphoric ester groups is 1. The van der Waals surface area contributed by atoms with Gasteiger partial charge in [0.1, 0.15) is 12.2 Å². The highest BCUT2D eigenvalue weighted by Crippen LogP contribution is 2.50. The fraction of sp³-hybridized carbons (Fsp3) is 0.965. The minimum absolute atomic E-state index is 0.00207. The van der Waals surface area contributed by atoms with Gasteiger partial charge in [-0.05, 0) is 83.5 Å². The van der Waals surface area contributed by atoms with Crippen molar-refractivity contribution < 1.29 is 47.4 Å². The van der Waals surface area contributed by atoms with Crippen LogP contribution in [0, 0.1) is 0 Å². The second kappa shape index (κ2) is 53.2. The summed E-state index contributed by atoms with van der Waals surface area (Å²) in [7, 11) is -3.79. The molecule has 2 N–H and O–H groups in total. The van der Waals surface area contributed by atoms with Gasteiger partial charge in [0.25, 0.3) is 0 Å². The zero-order chi connectivity index (χ0) is 50.6. The second-order valence-electron chi connectivity index (χ2n) is 20.1. The molecule has 0 unspecified atom stereocenters. The van der Waals surface area contributed by atoms with Gasteiger partial charge in [0, 0.05) is 32.5 Å². The minimum Gasteiger partial charge on any atom is -0.462 e. The number of hydrogen-bond acceptors (Lipinski definition) is 11. The van der Waals surface area contributed by atoms with Crippen LogP contribution in [-0.4, -0.2) is 91.9 Å². The first-order valence-corrected chi connectivity index (χ1v) is 31.1. The van der Waals surface area contributed by atoms with Crippen molar-refractivity contribution in [1.29, 1.82) is 0 Å². The molecule has 0 aliphatic carbocycles. The maximum Gasteiger partial charge on any atom is 0.474 e. The SMILES string of the molecule is CCCCCCCCC(CCCCCCCC)OC(=O)CCCCCCCOP(=O)(OCCCCCCCC(=O)OC(CCCCCCCC)CCCCCCCC)OCCCN(CCO)CCO. The largest absolute Gasteiger partial charge is 0.474 e. The van der Waals surface area contributed by atoms with Crippen molar-refractivity contribution in [3.63, 3.8) is 0 Å². The first-order chi connectivity index (χ1) is 33.8. The second-order valence-corrected chi connectivity index (χ2v) is 21.7. The normalized spacial score (nSPS) is 12.0. The van der Waals surface area contributed by atoms with E-state index < -0.39 is 7.82 Å². The van der Waals surface area contributed by atoms with Gasteiger partial charge < -0.3 is 19.7 Å². The number of carbonyl (C=O) groups is 2. The molecule has 0 rings (SSSR count). The van der Waals surface area contributed by atoms with Crippen molar-refractivity contribution in [1.82, 2.24) is 4.90 Å². The molecule has 0 spiro atoms. The van der Waals surface area contributed by atoms with Crippen molar-refractivity contribution in [2.45, 2.75) is 303 Å². The highest BCUT2D eigenvalue weighted by atomic mass is 31.2. The number of unbranched alkanes of at least 4 members (excludes halogenated alkanes) is 28. The number of carbonyl (C=O) groups excluding carboxylic acids is 2. The Bertz CT molecular complexity index is 1020. The molecule has 11 nitrogen and oxygen atoms in total. The fourth-order valence-electron chi connectivity index (χ4n) is 8.97.